The molecule has 0 amide bonds. The number of halogens is 1. The van der Waals surface area contributed by atoms with Crippen LogP contribution in [0.5, 0.6) is 0 Å². The van der Waals surface area contributed by atoms with Gasteiger partial charge in [-0.2, -0.15) is 0 Å². The molecule has 1 aromatic carbocycles. The van der Waals surface area contributed by atoms with Crippen LogP contribution in [0.25, 0.3) is 10.9 Å². The van der Waals surface area contributed by atoms with Crippen molar-refractivity contribution in [1.29, 1.82) is 0 Å². The van der Waals surface area contributed by atoms with E-state index < -0.39 is 0 Å². The number of Topliss-reactive ketones (excluding diaryl/α,β-unsaturated/α-hetero) is 1. The fourth-order valence-electron chi connectivity index (χ4n) is 2.19. The number of hydrogen-bond donors (Lipinski definition) is 1. The Balaban J connectivity index is 2.07. The number of rotatable bonds is 2. The maximum atomic E-state index is 12.1. The van der Waals surface area contributed by atoms with Gasteiger partial charge in [-0.1, -0.05) is 28.9 Å². The molecule has 1 N–H and O–H groups in total. The molecule has 1 fully saturated rings. The van der Waals surface area contributed by atoms with Gasteiger partial charge in [-0.3, -0.25) is 4.79 Å². The van der Waals surface area contributed by atoms with Crippen LogP contribution in [0.3, 0.4) is 0 Å². The third-order valence-electron chi connectivity index (χ3n) is 3.36. The molecule has 0 saturated heterocycles. The molecule has 1 aliphatic carbocycles. The summed E-state index contributed by atoms with van der Waals surface area (Å²) in [6.45, 7) is 2.13. The number of hydrogen-bond acceptors (Lipinski definition) is 1. The van der Waals surface area contributed by atoms with Gasteiger partial charge in [0, 0.05) is 33.1 Å². The molecular formula is C13H12BrNO. The number of carbonyl (C=O) groups excluding carboxylic acids is 1. The van der Waals surface area contributed by atoms with Crippen LogP contribution in [0.2, 0.25) is 0 Å². The van der Waals surface area contributed by atoms with Crippen LogP contribution in [0, 0.1) is 11.8 Å². The van der Waals surface area contributed by atoms with E-state index in [1.807, 2.05) is 24.4 Å². The first-order chi connectivity index (χ1) is 7.66. The molecule has 0 aliphatic heterocycles. The molecule has 3 heteroatoms. The van der Waals surface area contributed by atoms with Crippen LogP contribution >= 0.6 is 15.9 Å². The van der Waals surface area contributed by atoms with E-state index in [-0.39, 0.29) is 5.92 Å². The van der Waals surface area contributed by atoms with Crippen LogP contribution in [0.4, 0.5) is 0 Å². The van der Waals surface area contributed by atoms with Gasteiger partial charge in [0.2, 0.25) is 0 Å². The number of aromatic amines is 1. The summed E-state index contributed by atoms with van der Waals surface area (Å²) in [6.07, 6.45) is 2.88. The second-order valence-electron chi connectivity index (χ2n) is 4.58. The zero-order valence-electron chi connectivity index (χ0n) is 8.96. The Morgan fingerprint density at radius 2 is 2.25 bits per heavy atom. The van der Waals surface area contributed by atoms with E-state index in [9.17, 15) is 4.79 Å². The van der Waals surface area contributed by atoms with E-state index in [0.717, 1.165) is 27.4 Å². The summed E-state index contributed by atoms with van der Waals surface area (Å²) in [5.41, 5.74) is 1.86. The molecule has 82 valence electrons. The van der Waals surface area contributed by atoms with Crippen LogP contribution in [-0.2, 0) is 0 Å². The van der Waals surface area contributed by atoms with Gasteiger partial charge in [-0.25, -0.2) is 0 Å². The van der Waals surface area contributed by atoms with Gasteiger partial charge in [0.15, 0.2) is 5.78 Å². The molecule has 0 bridgehead atoms. The van der Waals surface area contributed by atoms with Crippen molar-refractivity contribution in [3.05, 3.63) is 34.4 Å². The molecule has 2 aromatic rings. The number of H-pyrrole nitrogens is 1. The first-order valence-corrected chi connectivity index (χ1v) is 6.27. The summed E-state index contributed by atoms with van der Waals surface area (Å²) in [4.78, 5) is 15.3. The van der Waals surface area contributed by atoms with E-state index in [1.54, 1.807) is 0 Å². The summed E-state index contributed by atoms with van der Waals surface area (Å²) in [5, 5.41) is 1.03. The Morgan fingerprint density at radius 3 is 2.94 bits per heavy atom. The van der Waals surface area contributed by atoms with Crippen molar-refractivity contribution in [3.63, 3.8) is 0 Å². The molecule has 1 aliphatic rings. The SMILES string of the molecule is CC1CC1C(=O)c1c[nH]c2cc(Br)ccc12. The largest absolute Gasteiger partial charge is 0.360 e. The Kier molecular flexibility index (Phi) is 2.18. The zero-order valence-corrected chi connectivity index (χ0v) is 10.5. The highest BCUT2D eigenvalue weighted by molar-refractivity contribution is 9.10. The van der Waals surface area contributed by atoms with Crippen molar-refractivity contribution >= 4 is 32.6 Å². The minimum absolute atomic E-state index is 0.252. The molecule has 16 heavy (non-hydrogen) atoms. The van der Waals surface area contributed by atoms with Gasteiger partial charge in [0.05, 0.1) is 0 Å². The Morgan fingerprint density at radius 1 is 1.50 bits per heavy atom. The number of ketones is 1. The first-order valence-electron chi connectivity index (χ1n) is 5.47. The Labute approximate surface area is 102 Å². The molecule has 2 atom stereocenters. The van der Waals surface area contributed by atoms with Crippen LogP contribution < -0.4 is 0 Å². The lowest BCUT2D eigenvalue weighted by Crippen LogP contribution is -2.01. The van der Waals surface area contributed by atoms with E-state index in [2.05, 4.69) is 27.8 Å². The topological polar surface area (TPSA) is 32.9 Å². The van der Waals surface area contributed by atoms with E-state index in [0.29, 0.717) is 11.7 Å². The van der Waals surface area contributed by atoms with Crippen molar-refractivity contribution in [2.24, 2.45) is 11.8 Å². The summed E-state index contributed by atoms with van der Waals surface area (Å²) in [6, 6.07) is 5.97. The highest BCUT2D eigenvalue weighted by atomic mass is 79.9. The fourth-order valence-corrected chi connectivity index (χ4v) is 2.55. The lowest BCUT2D eigenvalue weighted by Gasteiger charge is -1.97. The smallest absolute Gasteiger partial charge is 0.168 e. The Hall–Kier alpha value is -1.09. The molecule has 0 spiro atoms. The number of nitrogens with one attached hydrogen (secondary N) is 1. The third-order valence-corrected chi connectivity index (χ3v) is 3.85. The lowest BCUT2D eigenvalue weighted by molar-refractivity contribution is 0.0964. The maximum absolute atomic E-state index is 12.1. The number of fused-ring (bicyclic) bond motifs is 1. The van der Waals surface area contributed by atoms with Gasteiger partial charge in [-0.05, 0) is 24.5 Å². The predicted molar refractivity (Wildman–Crippen MR) is 67.6 cm³/mol. The average Bonchev–Trinajstić information content (AvgIpc) is 2.84. The predicted octanol–water partition coefficient (Wildman–Crippen LogP) is 3.77. The monoisotopic (exact) mass is 277 g/mol. The molecule has 2 nitrogen and oxygen atoms in total. The van der Waals surface area contributed by atoms with Crippen LogP contribution in [0.15, 0.2) is 28.9 Å². The highest BCUT2D eigenvalue weighted by Gasteiger charge is 2.40. The van der Waals surface area contributed by atoms with Gasteiger partial charge in [0.1, 0.15) is 0 Å². The van der Waals surface area contributed by atoms with Gasteiger partial charge in [-0.15, -0.1) is 0 Å². The first kappa shape index (κ1) is 10.1. The molecule has 0 radical (unpaired) electrons. The van der Waals surface area contributed by atoms with Crippen molar-refractivity contribution in [2.45, 2.75) is 13.3 Å². The van der Waals surface area contributed by atoms with Crippen LogP contribution in [0.1, 0.15) is 23.7 Å². The summed E-state index contributed by atoms with van der Waals surface area (Å²) >= 11 is 3.42. The zero-order chi connectivity index (χ0) is 11.3. The summed E-state index contributed by atoms with van der Waals surface area (Å²) in [7, 11) is 0. The minimum Gasteiger partial charge on any atom is -0.360 e. The molecule has 1 saturated carbocycles. The van der Waals surface area contributed by atoms with Crippen molar-refractivity contribution in [2.75, 3.05) is 0 Å². The normalized spacial score (nSPS) is 23.6. The van der Waals surface area contributed by atoms with Gasteiger partial charge in [0.25, 0.3) is 0 Å². The van der Waals surface area contributed by atoms with E-state index in [4.69, 9.17) is 0 Å². The fraction of sp³-hybridized carbons (Fsp3) is 0.308. The second kappa shape index (κ2) is 3.45. The second-order valence-corrected chi connectivity index (χ2v) is 5.49. The van der Waals surface area contributed by atoms with Gasteiger partial charge >= 0.3 is 0 Å². The number of carbonyl (C=O) groups is 1. The third kappa shape index (κ3) is 1.50. The molecule has 1 aromatic heterocycles. The molecule has 2 unspecified atom stereocenters. The van der Waals surface area contributed by atoms with E-state index in [1.165, 1.54) is 0 Å². The highest BCUT2D eigenvalue weighted by Crippen LogP contribution is 2.41. The van der Waals surface area contributed by atoms with Crippen molar-refractivity contribution < 1.29 is 4.79 Å². The average molecular weight is 278 g/mol. The molecule has 1 heterocycles. The molecular weight excluding hydrogens is 266 g/mol. The standard InChI is InChI=1S/C13H12BrNO/c1-7-4-10(7)13(16)11-6-15-12-5-8(14)2-3-9(11)12/h2-3,5-7,10,15H,4H2,1H3. The number of benzene rings is 1. The Bertz CT molecular complexity index is 572. The maximum Gasteiger partial charge on any atom is 0.168 e. The van der Waals surface area contributed by atoms with Crippen molar-refractivity contribution in [1.82, 2.24) is 4.98 Å². The van der Waals surface area contributed by atoms with E-state index >= 15 is 0 Å². The molecule has 3 rings (SSSR count). The van der Waals surface area contributed by atoms with Crippen LogP contribution in [-0.4, -0.2) is 10.8 Å². The summed E-state index contributed by atoms with van der Waals surface area (Å²) < 4.78 is 1.03. The van der Waals surface area contributed by atoms with Gasteiger partial charge < -0.3 is 4.98 Å². The summed E-state index contributed by atoms with van der Waals surface area (Å²) in [5.74, 6) is 1.11. The number of aromatic nitrogens is 1. The minimum atomic E-state index is 0.252. The lowest BCUT2D eigenvalue weighted by atomic mass is 10.1. The van der Waals surface area contributed by atoms with Crippen molar-refractivity contribution in [3.8, 4) is 0 Å². The quantitative estimate of drug-likeness (QED) is 0.833.